The summed E-state index contributed by atoms with van der Waals surface area (Å²) in [5.74, 6) is -0.551. The van der Waals surface area contributed by atoms with Crippen LogP contribution < -0.4 is 19.3 Å². The van der Waals surface area contributed by atoms with Crippen LogP contribution >= 0.6 is 11.6 Å². The van der Waals surface area contributed by atoms with E-state index >= 15 is 0 Å². The molecule has 0 saturated carbocycles. The standard InChI is InChI=1S/C43H39ClN6O7S/c44-36-5-2-1-4-34(36)37-6-3-19-49(37)31-10-7-28(8-11-31)29-9-13-35(40(23-29)57-32-22-30-15-18-45-41(30)46-25-32)42(51)47-58(54,55)33-12-14-38(39(24-33)50(52)53)48-26-43(27-48)16-20-56-21-17-43/h1-2,4-5,7-15,18,22-25,37H,3,6,16-17,19-21,26-27H2,(H,45,46)(H,47,51). The van der Waals surface area contributed by atoms with Gasteiger partial charge in [-0.25, -0.2) is 18.1 Å². The van der Waals surface area contributed by atoms with Gasteiger partial charge in [-0.2, -0.15) is 0 Å². The number of pyridine rings is 1. The number of nitro groups is 1. The Bertz CT molecular complexity index is 2660. The van der Waals surface area contributed by atoms with Crippen LogP contribution in [0.4, 0.5) is 17.1 Å². The highest BCUT2D eigenvalue weighted by Crippen LogP contribution is 2.45. The van der Waals surface area contributed by atoms with Gasteiger partial charge >= 0.3 is 0 Å². The van der Waals surface area contributed by atoms with Crippen LogP contribution in [-0.4, -0.2) is 62.1 Å². The fourth-order valence-corrected chi connectivity index (χ4v) is 9.69. The van der Waals surface area contributed by atoms with Crippen LogP contribution in [0.3, 0.4) is 0 Å². The summed E-state index contributed by atoms with van der Waals surface area (Å²) < 4.78 is 41.3. The van der Waals surface area contributed by atoms with Crippen molar-refractivity contribution < 1.29 is 27.6 Å². The van der Waals surface area contributed by atoms with Gasteiger partial charge in [0.15, 0.2) is 0 Å². The third-order valence-electron chi connectivity index (χ3n) is 11.5. The lowest BCUT2D eigenvalue weighted by molar-refractivity contribution is -0.384. The first-order chi connectivity index (χ1) is 28.1. The highest BCUT2D eigenvalue weighted by Gasteiger charge is 2.45. The number of nitrogens with zero attached hydrogens (tertiary/aromatic N) is 4. The number of halogens is 1. The first kappa shape index (κ1) is 37.6. The summed E-state index contributed by atoms with van der Waals surface area (Å²) in [7, 11) is -4.56. The number of rotatable bonds is 10. The second-order valence-corrected chi connectivity index (χ2v) is 17.2. The summed E-state index contributed by atoms with van der Waals surface area (Å²) in [6, 6.07) is 28.4. The molecule has 1 amide bonds. The maximum Gasteiger partial charge on any atom is 0.293 e. The van der Waals surface area contributed by atoms with Crippen molar-refractivity contribution in [1.29, 1.82) is 0 Å². The average molecular weight is 819 g/mol. The fraction of sp³-hybridized carbons (Fsp3) is 0.256. The van der Waals surface area contributed by atoms with E-state index in [-0.39, 0.29) is 28.5 Å². The molecule has 296 valence electrons. The summed E-state index contributed by atoms with van der Waals surface area (Å²) in [5.41, 5.74) is 4.33. The van der Waals surface area contributed by atoms with Crippen LogP contribution in [0.15, 0.2) is 114 Å². The second-order valence-electron chi connectivity index (χ2n) is 15.1. The maximum absolute atomic E-state index is 13.9. The zero-order chi connectivity index (χ0) is 40.0. The van der Waals surface area contributed by atoms with Crippen LogP contribution in [-0.2, 0) is 14.8 Å². The molecule has 2 aromatic heterocycles. The van der Waals surface area contributed by atoms with Crippen molar-refractivity contribution in [3.05, 3.63) is 136 Å². The number of fused-ring (bicyclic) bond motifs is 1. The van der Waals surface area contributed by atoms with Gasteiger partial charge in [0, 0.05) is 66.6 Å². The highest BCUT2D eigenvalue weighted by atomic mass is 35.5. The summed E-state index contributed by atoms with van der Waals surface area (Å²) in [6.45, 7) is 3.45. The number of aromatic amines is 1. The number of carbonyl (C=O) groups is 1. The van der Waals surface area contributed by atoms with Crippen molar-refractivity contribution in [3.63, 3.8) is 0 Å². The molecule has 1 spiro atoms. The molecule has 3 fully saturated rings. The normalized spacial score (nSPS) is 17.6. The number of anilines is 2. The Morgan fingerprint density at radius 2 is 1.76 bits per heavy atom. The van der Waals surface area contributed by atoms with Gasteiger partial charge in [-0.1, -0.05) is 48.0 Å². The van der Waals surface area contributed by atoms with Crippen LogP contribution in [0.1, 0.15) is 47.6 Å². The van der Waals surface area contributed by atoms with E-state index in [0.717, 1.165) is 71.1 Å². The minimum absolute atomic E-state index is 0.0437. The van der Waals surface area contributed by atoms with E-state index in [1.807, 2.05) is 41.3 Å². The number of ether oxygens (including phenoxy) is 2. The largest absolute Gasteiger partial charge is 0.455 e. The maximum atomic E-state index is 13.9. The topological polar surface area (TPSA) is 160 Å². The van der Waals surface area contributed by atoms with Crippen LogP contribution in [0.5, 0.6) is 11.5 Å². The van der Waals surface area contributed by atoms with Crippen molar-refractivity contribution >= 4 is 55.6 Å². The van der Waals surface area contributed by atoms with E-state index in [1.54, 1.807) is 24.4 Å². The SMILES string of the molecule is O=C(NS(=O)(=O)c1ccc(N2CC3(CCOCC3)C2)c([N+](=O)[O-])c1)c1ccc(-c2ccc(N3CCCC3c3ccccc3Cl)cc2)cc1Oc1cnc2[nH]ccc2c1. The van der Waals surface area contributed by atoms with Crippen LogP contribution in [0, 0.1) is 15.5 Å². The highest BCUT2D eigenvalue weighted by molar-refractivity contribution is 7.90. The molecule has 4 aromatic carbocycles. The molecular formula is C43H39ClN6O7S. The van der Waals surface area contributed by atoms with Gasteiger partial charge in [0.2, 0.25) is 0 Å². The molecule has 58 heavy (non-hydrogen) atoms. The molecule has 1 unspecified atom stereocenters. The molecule has 3 saturated heterocycles. The van der Waals surface area contributed by atoms with Crippen LogP contribution in [0.2, 0.25) is 5.02 Å². The quantitative estimate of drug-likeness (QED) is 0.101. The van der Waals surface area contributed by atoms with Gasteiger partial charge in [0.05, 0.1) is 27.6 Å². The third-order valence-corrected chi connectivity index (χ3v) is 13.2. The van der Waals surface area contributed by atoms with Gasteiger partial charge < -0.3 is 24.3 Å². The fourth-order valence-electron chi connectivity index (χ4n) is 8.44. The monoisotopic (exact) mass is 818 g/mol. The number of nitro benzene ring substituents is 1. The smallest absolute Gasteiger partial charge is 0.293 e. The van der Waals surface area contributed by atoms with E-state index in [1.165, 1.54) is 24.4 Å². The lowest BCUT2D eigenvalue weighted by atomic mass is 9.73. The molecule has 0 radical (unpaired) electrons. The van der Waals surface area contributed by atoms with E-state index in [9.17, 15) is 23.3 Å². The first-order valence-electron chi connectivity index (χ1n) is 19.1. The Morgan fingerprint density at radius 1 is 0.983 bits per heavy atom. The molecular weight excluding hydrogens is 780 g/mol. The molecule has 13 nitrogen and oxygen atoms in total. The predicted octanol–water partition coefficient (Wildman–Crippen LogP) is 8.66. The van der Waals surface area contributed by atoms with Crippen molar-refractivity contribution in [2.75, 3.05) is 42.6 Å². The zero-order valence-corrected chi connectivity index (χ0v) is 32.8. The van der Waals surface area contributed by atoms with E-state index in [4.69, 9.17) is 21.1 Å². The first-order valence-corrected chi connectivity index (χ1v) is 21.0. The van der Waals surface area contributed by atoms with Crippen molar-refractivity contribution in [2.24, 2.45) is 5.41 Å². The van der Waals surface area contributed by atoms with Crippen molar-refractivity contribution in [3.8, 4) is 22.6 Å². The van der Waals surface area contributed by atoms with Gasteiger partial charge in [0.1, 0.15) is 22.8 Å². The number of H-pyrrole nitrogens is 1. The molecule has 0 aliphatic carbocycles. The van der Waals surface area contributed by atoms with Gasteiger partial charge in [0.25, 0.3) is 21.6 Å². The van der Waals surface area contributed by atoms with Gasteiger partial charge in [-0.3, -0.25) is 14.9 Å². The number of benzene rings is 4. The predicted molar refractivity (Wildman–Crippen MR) is 221 cm³/mol. The van der Waals surface area contributed by atoms with E-state index in [0.29, 0.717) is 43.4 Å². The Morgan fingerprint density at radius 3 is 2.53 bits per heavy atom. The zero-order valence-electron chi connectivity index (χ0n) is 31.3. The van der Waals surface area contributed by atoms with Gasteiger partial charge in [-0.15, -0.1) is 0 Å². The number of carbonyl (C=O) groups excluding carboxylic acids is 1. The molecule has 5 heterocycles. The summed E-state index contributed by atoms with van der Waals surface area (Å²) in [4.78, 5) is 36.8. The molecule has 3 aliphatic heterocycles. The Balaban J connectivity index is 0.989. The summed E-state index contributed by atoms with van der Waals surface area (Å²) in [6.07, 6.45) is 7.03. The number of nitrogens with one attached hydrogen (secondary N) is 2. The summed E-state index contributed by atoms with van der Waals surface area (Å²) >= 11 is 6.59. The molecule has 0 bridgehead atoms. The molecule has 9 rings (SSSR count). The minimum atomic E-state index is -4.56. The minimum Gasteiger partial charge on any atom is -0.455 e. The Hall–Kier alpha value is -5.96. The van der Waals surface area contributed by atoms with Gasteiger partial charge in [-0.05, 0) is 97.0 Å². The molecule has 2 N–H and O–H groups in total. The lowest BCUT2D eigenvalue weighted by Crippen LogP contribution is -2.58. The summed E-state index contributed by atoms with van der Waals surface area (Å²) in [5, 5.41) is 13.7. The molecule has 15 heteroatoms. The number of sulfonamides is 1. The molecule has 6 aromatic rings. The van der Waals surface area contributed by atoms with Crippen molar-refractivity contribution in [1.82, 2.24) is 14.7 Å². The Kier molecular flexibility index (Phi) is 9.78. The number of amides is 1. The van der Waals surface area contributed by atoms with Crippen LogP contribution in [0.25, 0.3) is 22.2 Å². The van der Waals surface area contributed by atoms with E-state index in [2.05, 4.69) is 37.8 Å². The number of hydrogen-bond acceptors (Lipinski definition) is 10. The number of hydrogen-bond donors (Lipinski definition) is 2. The third kappa shape index (κ3) is 7.23. The van der Waals surface area contributed by atoms with Crippen molar-refractivity contribution in [2.45, 2.75) is 36.6 Å². The molecule has 1 atom stereocenters. The lowest BCUT2D eigenvalue weighted by Gasteiger charge is -2.53. The average Bonchev–Trinajstić information content (AvgIpc) is 3.90. The van der Waals surface area contributed by atoms with E-state index < -0.39 is 25.7 Å². The number of aromatic nitrogens is 2. The Labute approximate surface area is 339 Å². The second kappa shape index (κ2) is 15.1. The molecule has 3 aliphatic rings.